The molecule has 0 aliphatic heterocycles. The van der Waals surface area contributed by atoms with Gasteiger partial charge in [-0.25, -0.2) is 0 Å². The largest absolute Gasteiger partial charge is 0.355 e. The smallest absolute Gasteiger partial charge is 0.239 e. The summed E-state index contributed by atoms with van der Waals surface area (Å²) in [6, 6.07) is 0. The standard InChI is InChI=1S/C15H29N3O2/c1-3-17-14(19)11-18(4-2)15(20)9-12-5-7-13(10-16)8-6-12/h12-13H,3-11,16H2,1-2H3,(H,17,19). The highest BCUT2D eigenvalue weighted by atomic mass is 16.2. The minimum absolute atomic E-state index is 0.0745. The fraction of sp³-hybridized carbons (Fsp3) is 0.867. The van der Waals surface area contributed by atoms with Gasteiger partial charge in [-0.1, -0.05) is 0 Å². The summed E-state index contributed by atoms with van der Waals surface area (Å²) in [7, 11) is 0. The third kappa shape index (κ3) is 5.49. The Bertz CT molecular complexity index is 312. The van der Waals surface area contributed by atoms with Gasteiger partial charge in [-0.15, -0.1) is 0 Å². The molecular formula is C15H29N3O2. The Hall–Kier alpha value is -1.10. The SMILES string of the molecule is CCNC(=O)CN(CC)C(=O)CC1CCC(CN)CC1. The number of nitrogens with one attached hydrogen (secondary N) is 1. The Morgan fingerprint density at radius 3 is 2.25 bits per heavy atom. The Morgan fingerprint density at radius 1 is 1.15 bits per heavy atom. The van der Waals surface area contributed by atoms with Gasteiger partial charge < -0.3 is 16.0 Å². The molecule has 0 atom stereocenters. The number of amides is 2. The van der Waals surface area contributed by atoms with Crippen LogP contribution in [0.5, 0.6) is 0 Å². The molecule has 1 rings (SSSR count). The fourth-order valence-corrected chi connectivity index (χ4v) is 2.85. The van der Waals surface area contributed by atoms with Crippen LogP contribution in [-0.2, 0) is 9.59 Å². The molecule has 5 heteroatoms. The summed E-state index contributed by atoms with van der Waals surface area (Å²) >= 11 is 0. The number of carbonyl (C=O) groups excluding carboxylic acids is 2. The van der Waals surface area contributed by atoms with Crippen LogP contribution in [0.25, 0.3) is 0 Å². The summed E-state index contributed by atoms with van der Waals surface area (Å²) < 4.78 is 0. The maximum Gasteiger partial charge on any atom is 0.239 e. The minimum atomic E-state index is -0.0745. The molecular weight excluding hydrogens is 254 g/mol. The first-order chi connectivity index (χ1) is 9.60. The predicted molar refractivity (Wildman–Crippen MR) is 80.1 cm³/mol. The van der Waals surface area contributed by atoms with E-state index in [1.54, 1.807) is 4.90 Å². The maximum atomic E-state index is 12.3. The molecule has 1 aliphatic carbocycles. The van der Waals surface area contributed by atoms with Crippen molar-refractivity contribution in [3.05, 3.63) is 0 Å². The van der Waals surface area contributed by atoms with Crippen molar-refractivity contribution in [1.29, 1.82) is 0 Å². The Balaban J connectivity index is 2.37. The van der Waals surface area contributed by atoms with E-state index in [2.05, 4.69) is 5.32 Å². The van der Waals surface area contributed by atoms with E-state index >= 15 is 0 Å². The van der Waals surface area contributed by atoms with Gasteiger partial charge in [-0.05, 0) is 57.9 Å². The van der Waals surface area contributed by atoms with E-state index in [-0.39, 0.29) is 18.4 Å². The number of rotatable bonds is 7. The molecule has 0 heterocycles. The Kier molecular flexibility index (Phi) is 7.59. The van der Waals surface area contributed by atoms with Crippen molar-refractivity contribution >= 4 is 11.8 Å². The van der Waals surface area contributed by atoms with Gasteiger partial charge in [0.1, 0.15) is 0 Å². The number of nitrogens with two attached hydrogens (primary N) is 1. The summed E-state index contributed by atoms with van der Waals surface area (Å²) in [5, 5.41) is 2.74. The molecule has 0 saturated heterocycles. The first kappa shape index (κ1) is 17.0. The predicted octanol–water partition coefficient (Wildman–Crippen LogP) is 1.13. The molecule has 0 aromatic heterocycles. The monoisotopic (exact) mass is 283 g/mol. The molecule has 0 spiro atoms. The second-order valence-corrected chi connectivity index (χ2v) is 5.69. The lowest BCUT2D eigenvalue weighted by Gasteiger charge is -2.29. The average Bonchev–Trinajstić information content (AvgIpc) is 2.45. The molecule has 0 bridgehead atoms. The first-order valence-corrected chi connectivity index (χ1v) is 7.85. The Morgan fingerprint density at radius 2 is 1.75 bits per heavy atom. The lowest BCUT2D eigenvalue weighted by atomic mass is 9.80. The van der Waals surface area contributed by atoms with E-state index in [1.807, 2.05) is 13.8 Å². The van der Waals surface area contributed by atoms with Crippen molar-refractivity contribution < 1.29 is 9.59 Å². The molecule has 1 saturated carbocycles. The van der Waals surface area contributed by atoms with Gasteiger partial charge in [-0.2, -0.15) is 0 Å². The van der Waals surface area contributed by atoms with Crippen LogP contribution in [0.2, 0.25) is 0 Å². The Labute approximate surface area is 122 Å². The summed E-state index contributed by atoms with van der Waals surface area (Å²) in [6.07, 6.45) is 5.02. The third-order valence-electron chi connectivity index (χ3n) is 4.21. The quantitative estimate of drug-likeness (QED) is 0.735. The highest BCUT2D eigenvalue weighted by Gasteiger charge is 2.24. The number of likely N-dealkylation sites (N-methyl/N-ethyl adjacent to an activating group) is 2. The van der Waals surface area contributed by atoms with Gasteiger partial charge in [-0.3, -0.25) is 9.59 Å². The molecule has 2 amide bonds. The van der Waals surface area contributed by atoms with Crippen LogP contribution >= 0.6 is 0 Å². The van der Waals surface area contributed by atoms with Crippen LogP contribution in [0.4, 0.5) is 0 Å². The van der Waals surface area contributed by atoms with E-state index in [9.17, 15) is 9.59 Å². The van der Waals surface area contributed by atoms with E-state index in [0.29, 0.717) is 31.3 Å². The van der Waals surface area contributed by atoms with Crippen molar-refractivity contribution in [3.63, 3.8) is 0 Å². The molecule has 3 N–H and O–H groups in total. The van der Waals surface area contributed by atoms with Gasteiger partial charge >= 0.3 is 0 Å². The lowest BCUT2D eigenvalue weighted by molar-refractivity contribution is -0.136. The molecule has 1 aliphatic rings. The molecule has 116 valence electrons. The highest BCUT2D eigenvalue weighted by Crippen LogP contribution is 2.30. The second-order valence-electron chi connectivity index (χ2n) is 5.69. The lowest BCUT2D eigenvalue weighted by Crippen LogP contribution is -2.41. The zero-order valence-corrected chi connectivity index (χ0v) is 12.9. The normalized spacial score (nSPS) is 22.4. The average molecular weight is 283 g/mol. The fourth-order valence-electron chi connectivity index (χ4n) is 2.85. The molecule has 0 unspecified atom stereocenters. The van der Waals surface area contributed by atoms with Gasteiger partial charge in [0.15, 0.2) is 0 Å². The van der Waals surface area contributed by atoms with Gasteiger partial charge in [0, 0.05) is 19.5 Å². The van der Waals surface area contributed by atoms with Crippen molar-refractivity contribution in [1.82, 2.24) is 10.2 Å². The van der Waals surface area contributed by atoms with E-state index < -0.39 is 0 Å². The molecule has 0 aromatic carbocycles. The van der Waals surface area contributed by atoms with E-state index in [4.69, 9.17) is 5.73 Å². The van der Waals surface area contributed by atoms with Crippen molar-refractivity contribution in [2.45, 2.75) is 46.0 Å². The number of hydrogen-bond donors (Lipinski definition) is 2. The third-order valence-corrected chi connectivity index (χ3v) is 4.21. The van der Waals surface area contributed by atoms with Crippen molar-refractivity contribution in [3.8, 4) is 0 Å². The highest BCUT2D eigenvalue weighted by molar-refractivity contribution is 5.84. The van der Waals surface area contributed by atoms with Gasteiger partial charge in [0.05, 0.1) is 6.54 Å². The van der Waals surface area contributed by atoms with Crippen LogP contribution < -0.4 is 11.1 Å². The first-order valence-electron chi connectivity index (χ1n) is 7.85. The zero-order valence-electron chi connectivity index (χ0n) is 12.9. The number of carbonyl (C=O) groups is 2. The summed E-state index contributed by atoms with van der Waals surface area (Å²) in [4.78, 5) is 25.5. The molecule has 0 aromatic rings. The zero-order chi connectivity index (χ0) is 15.0. The molecule has 20 heavy (non-hydrogen) atoms. The van der Waals surface area contributed by atoms with E-state index in [0.717, 1.165) is 32.2 Å². The van der Waals surface area contributed by atoms with Crippen LogP contribution in [0, 0.1) is 11.8 Å². The van der Waals surface area contributed by atoms with Crippen molar-refractivity contribution in [2.24, 2.45) is 17.6 Å². The van der Waals surface area contributed by atoms with Gasteiger partial charge in [0.25, 0.3) is 0 Å². The number of nitrogens with zero attached hydrogens (tertiary/aromatic N) is 1. The topological polar surface area (TPSA) is 75.4 Å². The van der Waals surface area contributed by atoms with Crippen molar-refractivity contribution in [2.75, 3.05) is 26.2 Å². The molecule has 5 nitrogen and oxygen atoms in total. The van der Waals surface area contributed by atoms with Crippen LogP contribution in [0.15, 0.2) is 0 Å². The van der Waals surface area contributed by atoms with Crippen LogP contribution in [0.3, 0.4) is 0 Å². The summed E-state index contributed by atoms with van der Waals surface area (Å²) in [6.45, 7) is 5.94. The maximum absolute atomic E-state index is 12.3. The second kappa shape index (κ2) is 8.95. The van der Waals surface area contributed by atoms with Crippen LogP contribution in [0.1, 0.15) is 46.0 Å². The van der Waals surface area contributed by atoms with Crippen LogP contribution in [-0.4, -0.2) is 42.9 Å². The van der Waals surface area contributed by atoms with E-state index in [1.165, 1.54) is 0 Å². The number of hydrogen-bond acceptors (Lipinski definition) is 3. The summed E-state index contributed by atoms with van der Waals surface area (Å²) in [5.74, 6) is 1.14. The van der Waals surface area contributed by atoms with Gasteiger partial charge in [0.2, 0.25) is 11.8 Å². The molecule has 0 radical (unpaired) electrons. The minimum Gasteiger partial charge on any atom is -0.355 e. The summed E-state index contributed by atoms with van der Waals surface area (Å²) in [5.41, 5.74) is 5.68. The molecule has 1 fully saturated rings.